The lowest BCUT2D eigenvalue weighted by Crippen LogP contribution is -2.50. The molecule has 2 aliphatic heterocycles. The summed E-state index contributed by atoms with van der Waals surface area (Å²) >= 11 is 12.6. The van der Waals surface area contributed by atoms with Crippen LogP contribution in [0.15, 0.2) is 42.7 Å². The first-order valence-corrected chi connectivity index (χ1v) is 15.4. The fraction of sp³-hybridized carbons (Fsp3) is 0.484. The first kappa shape index (κ1) is 31.4. The minimum Gasteiger partial charge on any atom is -0.481 e. The molecule has 0 saturated carbocycles. The molecular formula is C31H38Cl2N6O4. The molecule has 0 unspecified atom stereocenters. The minimum atomic E-state index is -0.736. The number of hydrogen-bond donors (Lipinski definition) is 2. The van der Waals surface area contributed by atoms with Crippen LogP contribution in [0.5, 0.6) is 11.8 Å². The van der Waals surface area contributed by atoms with Crippen LogP contribution in [0.4, 0.5) is 5.82 Å². The Morgan fingerprint density at radius 1 is 0.930 bits per heavy atom. The van der Waals surface area contributed by atoms with Gasteiger partial charge in [0, 0.05) is 67.4 Å². The highest BCUT2D eigenvalue weighted by Gasteiger charge is 2.24. The Labute approximate surface area is 262 Å². The van der Waals surface area contributed by atoms with Crippen LogP contribution in [-0.4, -0.2) is 92.3 Å². The van der Waals surface area contributed by atoms with Crippen molar-refractivity contribution in [2.24, 2.45) is 5.92 Å². The molecule has 4 heterocycles. The van der Waals surface area contributed by atoms with Gasteiger partial charge < -0.3 is 19.8 Å². The Balaban J connectivity index is 1.29. The van der Waals surface area contributed by atoms with E-state index in [0.29, 0.717) is 40.6 Å². The van der Waals surface area contributed by atoms with Crippen LogP contribution in [0.3, 0.4) is 0 Å². The highest BCUT2D eigenvalue weighted by atomic mass is 35.5. The number of piperazine rings is 1. The molecule has 2 N–H and O–H groups in total. The Morgan fingerprint density at radius 2 is 1.63 bits per heavy atom. The summed E-state index contributed by atoms with van der Waals surface area (Å²) in [7, 11) is 0. The van der Waals surface area contributed by atoms with Crippen LogP contribution < -0.4 is 9.64 Å². The van der Waals surface area contributed by atoms with Crippen molar-refractivity contribution in [1.29, 1.82) is 0 Å². The maximum atomic E-state index is 11.1. The van der Waals surface area contributed by atoms with Crippen molar-refractivity contribution in [3.63, 3.8) is 0 Å². The second kappa shape index (κ2) is 13.7. The van der Waals surface area contributed by atoms with Crippen molar-refractivity contribution in [2.75, 3.05) is 50.7 Å². The summed E-state index contributed by atoms with van der Waals surface area (Å²) in [5, 5.41) is 20.3. The smallest absolute Gasteiger partial charge is 0.303 e. The molecule has 2 aliphatic rings. The van der Waals surface area contributed by atoms with E-state index < -0.39 is 11.6 Å². The van der Waals surface area contributed by atoms with E-state index in [4.69, 9.17) is 38.0 Å². The van der Waals surface area contributed by atoms with Crippen molar-refractivity contribution in [1.82, 2.24) is 24.8 Å². The van der Waals surface area contributed by atoms with Crippen molar-refractivity contribution in [2.45, 2.75) is 45.3 Å². The van der Waals surface area contributed by atoms with E-state index in [1.807, 2.05) is 38.1 Å². The quantitative estimate of drug-likeness (QED) is 0.310. The molecule has 12 heteroatoms. The summed E-state index contributed by atoms with van der Waals surface area (Å²) in [5.41, 5.74) is 1.73. The number of piperidine rings is 1. The van der Waals surface area contributed by atoms with E-state index >= 15 is 0 Å². The number of aromatic nitrogens is 3. The average molecular weight is 630 g/mol. The number of likely N-dealkylation sites (tertiary alicyclic amines) is 1. The molecular weight excluding hydrogens is 591 g/mol. The van der Waals surface area contributed by atoms with Gasteiger partial charge in [-0.05, 0) is 75.5 Å². The Bertz CT molecular complexity index is 1380. The summed E-state index contributed by atoms with van der Waals surface area (Å²) in [6.07, 6.45) is 5.25. The number of aliphatic carboxylic acids is 1. The van der Waals surface area contributed by atoms with Crippen molar-refractivity contribution >= 4 is 35.0 Å². The SMILES string of the molecule is CC(C)(O)CN1CCN(c2cnc(Oc3cc(CN4CCC(CC(=O)O)CC4)cc(-c4cc(Cl)cc(Cl)c4)n3)cn2)CC1. The number of anilines is 1. The molecule has 0 radical (unpaired) electrons. The lowest BCUT2D eigenvalue weighted by atomic mass is 9.93. The molecule has 0 atom stereocenters. The third kappa shape index (κ3) is 9.23. The first-order valence-electron chi connectivity index (χ1n) is 14.6. The number of benzene rings is 1. The van der Waals surface area contributed by atoms with Gasteiger partial charge in [0.2, 0.25) is 11.8 Å². The largest absolute Gasteiger partial charge is 0.481 e. The average Bonchev–Trinajstić information content (AvgIpc) is 2.93. The van der Waals surface area contributed by atoms with E-state index in [0.717, 1.165) is 69.1 Å². The molecule has 43 heavy (non-hydrogen) atoms. The van der Waals surface area contributed by atoms with Gasteiger partial charge in [-0.25, -0.2) is 15.0 Å². The van der Waals surface area contributed by atoms with Crippen LogP contribution in [0.1, 0.15) is 38.7 Å². The molecule has 2 fully saturated rings. The van der Waals surface area contributed by atoms with Gasteiger partial charge in [-0.1, -0.05) is 23.2 Å². The molecule has 10 nitrogen and oxygen atoms in total. The number of hydrogen-bond acceptors (Lipinski definition) is 9. The van der Waals surface area contributed by atoms with Crippen LogP contribution in [0.2, 0.25) is 10.0 Å². The number of rotatable bonds is 10. The minimum absolute atomic E-state index is 0.215. The van der Waals surface area contributed by atoms with Crippen molar-refractivity contribution in [3.8, 4) is 23.0 Å². The predicted molar refractivity (Wildman–Crippen MR) is 167 cm³/mol. The molecule has 3 aromatic rings. The number of ether oxygens (including phenoxy) is 1. The lowest BCUT2D eigenvalue weighted by Gasteiger charge is -2.37. The van der Waals surface area contributed by atoms with Gasteiger partial charge in [0.05, 0.1) is 23.7 Å². The van der Waals surface area contributed by atoms with Crippen LogP contribution >= 0.6 is 23.2 Å². The Hall–Kier alpha value is -3.02. The van der Waals surface area contributed by atoms with Gasteiger partial charge in [-0.2, -0.15) is 0 Å². The fourth-order valence-corrected chi connectivity index (χ4v) is 6.25. The molecule has 0 spiro atoms. The van der Waals surface area contributed by atoms with E-state index in [9.17, 15) is 9.90 Å². The number of aliphatic hydroxyl groups is 1. The van der Waals surface area contributed by atoms with Crippen molar-refractivity contribution < 1.29 is 19.7 Å². The number of carboxylic acids is 1. The lowest BCUT2D eigenvalue weighted by molar-refractivity contribution is -0.138. The van der Waals surface area contributed by atoms with Gasteiger partial charge in [-0.3, -0.25) is 14.6 Å². The number of halogens is 2. The first-order chi connectivity index (χ1) is 20.5. The molecule has 0 bridgehead atoms. The predicted octanol–water partition coefficient (Wildman–Crippen LogP) is 5.22. The maximum Gasteiger partial charge on any atom is 0.303 e. The summed E-state index contributed by atoms with van der Waals surface area (Å²) in [6.45, 7) is 9.90. The highest BCUT2D eigenvalue weighted by Crippen LogP contribution is 2.31. The van der Waals surface area contributed by atoms with Crippen LogP contribution in [-0.2, 0) is 11.3 Å². The third-order valence-corrected chi connectivity index (χ3v) is 8.16. The van der Waals surface area contributed by atoms with E-state index in [1.165, 1.54) is 0 Å². The standard InChI is InChI=1S/C31H38Cl2N6O4/c1-31(2,42)20-38-7-9-39(10-8-38)27-17-35-29(18-34-27)43-28-12-22(19-37-5-3-21(4-6-37)13-30(40)41)11-26(36-28)23-14-24(32)16-25(33)15-23/h11-12,14-18,21,42H,3-10,13,19-20H2,1-2H3,(H,40,41). The topological polar surface area (TPSA) is 115 Å². The zero-order valence-electron chi connectivity index (χ0n) is 24.5. The number of carbonyl (C=O) groups is 1. The summed E-state index contributed by atoms with van der Waals surface area (Å²) < 4.78 is 6.12. The van der Waals surface area contributed by atoms with Gasteiger partial charge in [0.15, 0.2) is 0 Å². The molecule has 2 aromatic heterocycles. The summed E-state index contributed by atoms with van der Waals surface area (Å²) in [5.74, 6) is 0.968. The zero-order valence-corrected chi connectivity index (χ0v) is 26.1. The van der Waals surface area contributed by atoms with E-state index in [2.05, 4.69) is 24.7 Å². The van der Waals surface area contributed by atoms with E-state index in [-0.39, 0.29) is 12.3 Å². The molecule has 230 valence electrons. The third-order valence-electron chi connectivity index (χ3n) is 7.73. The molecule has 1 aromatic carbocycles. The van der Waals surface area contributed by atoms with Crippen LogP contribution in [0, 0.1) is 5.92 Å². The monoisotopic (exact) mass is 628 g/mol. The Kier molecular flexibility index (Phi) is 10.0. The van der Waals surface area contributed by atoms with Gasteiger partial charge in [0.1, 0.15) is 5.82 Å². The fourth-order valence-electron chi connectivity index (χ4n) is 5.72. The number of carboxylic acid groups (broad SMARTS) is 1. The second-order valence-corrected chi connectivity index (χ2v) is 12.9. The van der Waals surface area contributed by atoms with Gasteiger partial charge in [-0.15, -0.1) is 0 Å². The zero-order chi connectivity index (χ0) is 30.6. The summed E-state index contributed by atoms with van der Waals surface area (Å²) in [4.78, 5) is 31.7. The maximum absolute atomic E-state index is 11.1. The molecule has 0 amide bonds. The van der Waals surface area contributed by atoms with Gasteiger partial charge in [0.25, 0.3) is 0 Å². The Morgan fingerprint density at radius 3 is 2.23 bits per heavy atom. The van der Waals surface area contributed by atoms with Gasteiger partial charge >= 0.3 is 5.97 Å². The molecule has 2 saturated heterocycles. The number of β-amino-alcohol motifs (C(OH)–C–C–N with tert-alkyl or cyclic N) is 1. The molecule has 5 rings (SSSR count). The normalized spacial score (nSPS) is 17.3. The summed E-state index contributed by atoms with van der Waals surface area (Å²) in [6, 6.07) is 9.22. The number of pyridine rings is 1. The second-order valence-electron chi connectivity index (χ2n) is 12.1. The highest BCUT2D eigenvalue weighted by molar-refractivity contribution is 6.35. The van der Waals surface area contributed by atoms with Crippen LogP contribution in [0.25, 0.3) is 11.3 Å². The number of nitrogens with zero attached hydrogens (tertiary/aromatic N) is 6. The van der Waals surface area contributed by atoms with E-state index in [1.54, 1.807) is 18.5 Å². The molecule has 0 aliphatic carbocycles. The van der Waals surface area contributed by atoms with Crippen molar-refractivity contribution in [3.05, 3.63) is 58.3 Å².